The van der Waals surface area contributed by atoms with Crippen molar-refractivity contribution in [1.82, 2.24) is 0 Å². The molecule has 0 radical (unpaired) electrons. The summed E-state index contributed by atoms with van der Waals surface area (Å²) in [6.45, 7) is 6.28. The van der Waals surface area contributed by atoms with E-state index in [1.54, 1.807) is 6.08 Å². The van der Waals surface area contributed by atoms with Gasteiger partial charge in [-0.25, -0.2) is 0 Å². The predicted octanol–water partition coefficient (Wildman–Crippen LogP) is 20.5. The van der Waals surface area contributed by atoms with Crippen molar-refractivity contribution in [3.63, 3.8) is 0 Å². The van der Waals surface area contributed by atoms with Gasteiger partial charge in [0.05, 0.1) is 6.42 Å². The van der Waals surface area contributed by atoms with Gasteiger partial charge in [0, 0.05) is 12.8 Å². The van der Waals surface area contributed by atoms with Gasteiger partial charge in [0.25, 0.3) is 0 Å². The van der Waals surface area contributed by atoms with Crippen LogP contribution < -0.4 is 0 Å². The first-order valence-corrected chi connectivity index (χ1v) is 30.0. The number of carbonyl (C=O) groups excluding carboxylic acids is 3. The Labute approximate surface area is 460 Å². The first kappa shape index (κ1) is 70.0. The van der Waals surface area contributed by atoms with Crippen molar-refractivity contribution in [2.75, 3.05) is 13.2 Å². The highest BCUT2D eigenvalue weighted by molar-refractivity contribution is 5.72. The lowest BCUT2D eigenvalue weighted by Gasteiger charge is -2.18. The van der Waals surface area contributed by atoms with Crippen LogP contribution in [0, 0.1) is 0 Å². The minimum absolute atomic E-state index is 0.0898. The summed E-state index contributed by atoms with van der Waals surface area (Å²) in [5.41, 5.74) is 0. The van der Waals surface area contributed by atoms with Crippen LogP contribution in [0.3, 0.4) is 0 Å². The number of esters is 3. The molecule has 0 bridgehead atoms. The van der Waals surface area contributed by atoms with Crippen molar-refractivity contribution in [2.24, 2.45) is 0 Å². The summed E-state index contributed by atoms with van der Waals surface area (Å²) >= 11 is 0. The van der Waals surface area contributed by atoms with Crippen molar-refractivity contribution >= 4 is 17.9 Å². The number of ether oxygens (including phenoxy) is 3. The molecule has 420 valence electrons. The molecule has 0 aliphatic carbocycles. The monoisotopic (exact) mass is 1030 g/mol. The average molecular weight is 1030 g/mol. The van der Waals surface area contributed by atoms with Gasteiger partial charge in [-0.15, -0.1) is 0 Å². The second-order valence-electron chi connectivity index (χ2n) is 19.2. The summed E-state index contributed by atoms with van der Waals surface area (Å²) in [6.07, 6.45) is 90.0. The molecular weight excluding hydrogens is 925 g/mol. The lowest BCUT2D eigenvalue weighted by Crippen LogP contribution is -2.30. The van der Waals surface area contributed by atoms with E-state index in [9.17, 15) is 14.4 Å². The molecule has 6 nitrogen and oxygen atoms in total. The smallest absolute Gasteiger partial charge is 0.310 e. The Bertz CT molecular complexity index is 1710. The van der Waals surface area contributed by atoms with E-state index in [0.29, 0.717) is 19.3 Å². The standard InChI is InChI=1S/C69H108O6/c1-4-7-10-13-16-19-21-23-25-26-27-28-29-30-31-32-33-34-35-36-37-38-39-40-41-42-44-45-47-50-53-56-59-62-68(71)74-65-66(64-73-67(70)61-58-55-52-49-18-15-12-9-6-3)75-69(72)63-60-57-54-51-48-46-43-24-22-20-17-14-11-8-5-2/h7-8,10-11,16-17,19-20,23-25,27-28,30-31,33-34,36-37,39-40,43,48,51,57,60,66H,4-6,9,12-15,18,21-22,26,29,32,35,38,41-42,44-47,49-50,52-56,58-59,61-65H2,1-3H3/b10-7-,11-8-,19-16-,20-17-,25-23-,28-27-,31-30-,34-33-,37-36-,40-39-,43-24-,51-48-,60-57-. The van der Waals surface area contributed by atoms with Crippen LogP contribution in [0.5, 0.6) is 0 Å². The minimum Gasteiger partial charge on any atom is -0.462 e. The van der Waals surface area contributed by atoms with Crippen molar-refractivity contribution in [3.05, 3.63) is 158 Å². The van der Waals surface area contributed by atoms with Crippen molar-refractivity contribution in [3.8, 4) is 0 Å². The molecule has 0 aromatic carbocycles. The fourth-order valence-corrected chi connectivity index (χ4v) is 7.65. The normalized spacial score (nSPS) is 13.3. The molecule has 0 aromatic heterocycles. The zero-order valence-corrected chi connectivity index (χ0v) is 48.0. The van der Waals surface area contributed by atoms with E-state index in [-0.39, 0.29) is 31.6 Å². The molecule has 0 aliphatic rings. The van der Waals surface area contributed by atoms with Gasteiger partial charge in [-0.2, -0.15) is 0 Å². The van der Waals surface area contributed by atoms with Crippen LogP contribution in [0.25, 0.3) is 0 Å². The van der Waals surface area contributed by atoms with Gasteiger partial charge in [-0.1, -0.05) is 269 Å². The van der Waals surface area contributed by atoms with Gasteiger partial charge < -0.3 is 14.2 Å². The molecule has 0 rings (SSSR count). The summed E-state index contributed by atoms with van der Waals surface area (Å²) in [5, 5.41) is 0. The largest absolute Gasteiger partial charge is 0.462 e. The number of rotatable bonds is 52. The number of hydrogen-bond acceptors (Lipinski definition) is 6. The van der Waals surface area contributed by atoms with E-state index in [1.807, 2.05) is 6.08 Å². The van der Waals surface area contributed by atoms with E-state index < -0.39 is 12.1 Å². The van der Waals surface area contributed by atoms with Gasteiger partial charge in [-0.05, 0) is 109 Å². The van der Waals surface area contributed by atoms with E-state index in [1.165, 1.54) is 70.6 Å². The zero-order valence-electron chi connectivity index (χ0n) is 48.0. The highest BCUT2D eigenvalue weighted by atomic mass is 16.6. The molecular formula is C69H108O6. The van der Waals surface area contributed by atoms with Gasteiger partial charge in [0.15, 0.2) is 6.10 Å². The summed E-state index contributed by atoms with van der Waals surface area (Å²) in [4.78, 5) is 38.0. The van der Waals surface area contributed by atoms with Crippen molar-refractivity contribution in [2.45, 2.75) is 245 Å². The van der Waals surface area contributed by atoms with Crippen molar-refractivity contribution in [1.29, 1.82) is 0 Å². The third kappa shape index (κ3) is 59.8. The maximum absolute atomic E-state index is 12.8. The Kier molecular flexibility index (Phi) is 57.5. The third-order valence-corrected chi connectivity index (χ3v) is 12.1. The van der Waals surface area contributed by atoms with Crippen LogP contribution >= 0.6 is 0 Å². The first-order valence-electron chi connectivity index (χ1n) is 30.0. The van der Waals surface area contributed by atoms with Gasteiger partial charge >= 0.3 is 17.9 Å². The number of unbranched alkanes of at least 4 members (excludes halogenated alkanes) is 16. The van der Waals surface area contributed by atoms with Crippen molar-refractivity contribution < 1.29 is 28.6 Å². The Balaban J connectivity index is 4.28. The predicted molar refractivity (Wildman–Crippen MR) is 325 cm³/mol. The second-order valence-corrected chi connectivity index (χ2v) is 19.2. The van der Waals surface area contributed by atoms with Gasteiger partial charge in [-0.3, -0.25) is 14.4 Å². The Morgan fingerprint density at radius 3 is 0.880 bits per heavy atom. The average Bonchev–Trinajstić information content (AvgIpc) is 3.41. The molecule has 0 N–H and O–H groups in total. The minimum atomic E-state index is -0.840. The molecule has 0 aliphatic heterocycles. The fraction of sp³-hybridized carbons (Fsp3) is 0.580. The van der Waals surface area contributed by atoms with Crippen LogP contribution in [0.4, 0.5) is 0 Å². The number of hydrogen-bond donors (Lipinski definition) is 0. The van der Waals surface area contributed by atoms with Gasteiger partial charge in [0.2, 0.25) is 0 Å². The highest BCUT2D eigenvalue weighted by Crippen LogP contribution is 2.14. The van der Waals surface area contributed by atoms with Crippen LogP contribution in [-0.2, 0) is 28.6 Å². The van der Waals surface area contributed by atoms with Gasteiger partial charge in [0.1, 0.15) is 13.2 Å². The van der Waals surface area contributed by atoms with E-state index in [2.05, 4.69) is 167 Å². The van der Waals surface area contributed by atoms with Crippen LogP contribution in [0.15, 0.2) is 158 Å². The SMILES string of the molecule is CC/C=C\C/C=C\C/C=C\C/C=C\C/C=C\C/C=C\C/C=C\C/C=C\CCCCCCCCCCC(=O)OCC(COC(=O)CCCCCCCCCCC)OC(=O)C/C=C\C/C=C\C/C=C\C/C=C\C/C=C\CC. The molecule has 0 amide bonds. The Morgan fingerprint density at radius 1 is 0.293 bits per heavy atom. The molecule has 1 atom stereocenters. The summed E-state index contributed by atoms with van der Waals surface area (Å²) in [7, 11) is 0. The molecule has 1 unspecified atom stereocenters. The summed E-state index contributed by atoms with van der Waals surface area (Å²) in [5.74, 6) is -1.07. The van der Waals surface area contributed by atoms with Crippen LogP contribution in [0.2, 0.25) is 0 Å². The molecule has 0 aromatic rings. The molecule has 0 saturated heterocycles. The molecule has 0 heterocycles. The molecule has 0 fully saturated rings. The first-order chi connectivity index (χ1) is 37.0. The lowest BCUT2D eigenvalue weighted by atomic mass is 10.1. The molecule has 6 heteroatoms. The maximum Gasteiger partial charge on any atom is 0.310 e. The lowest BCUT2D eigenvalue weighted by molar-refractivity contribution is -0.166. The quantitative estimate of drug-likeness (QED) is 0.0261. The van der Waals surface area contributed by atoms with Crippen LogP contribution in [0.1, 0.15) is 239 Å². The zero-order chi connectivity index (χ0) is 54.3. The Hall–Kier alpha value is -4.97. The van der Waals surface area contributed by atoms with Crippen LogP contribution in [-0.4, -0.2) is 37.2 Å². The summed E-state index contributed by atoms with van der Waals surface area (Å²) < 4.78 is 16.7. The van der Waals surface area contributed by atoms with E-state index in [0.717, 1.165) is 122 Å². The number of allylic oxidation sites excluding steroid dienone is 25. The molecule has 75 heavy (non-hydrogen) atoms. The number of carbonyl (C=O) groups is 3. The summed E-state index contributed by atoms with van der Waals surface area (Å²) in [6, 6.07) is 0. The van der Waals surface area contributed by atoms with E-state index >= 15 is 0 Å². The molecule has 0 saturated carbocycles. The maximum atomic E-state index is 12.8. The highest BCUT2D eigenvalue weighted by Gasteiger charge is 2.19. The third-order valence-electron chi connectivity index (χ3n) is 12.1. The topological polar surface area (TPSA) is 78.9 Å². The fourth-order valence-electron chi connectivity index (χ4n) is 7.65. The Morgan fingerprint density at radius 2 is 0.560 bits per heavy atom. The van der Waals surface area contributed by atoms with E-state index in [4.69, 9.17) is 14.2 Å². The second kappa shape index (κ2) is 61.6. The molecule has 0 spiro atoms.